The van der Waals surface area contributed by atoms with Gasteiger partial charge < -0.3 is 0 Å². The second-order valence-corrected chi connectivity index (χ2v) is 8.49. The normalized spacial score (nSPS) is 11.8. The van der Waals surface area contributed by atoms with Gasteiger partial charge in [0.05, 0.1) is 28.0 Å². The number of aromatic nitrogens is 4. The van der Waals surface area contributed by atoms with E-state index >= 15 is 0 Å². The van der Waals surface area contributed by atoms with Crippen molar-refractivity contribution >= 4 is 54.8 Å². The van der Waals surface area contributed by atoms with E-state index in [2.05, 4.69) is 42.0 Å². The number of hydrogen-bond acceptors (Lipinski definition) is 3. The third kappa shape index (κ3) is 3.34. The Balaban J connectivity index is 1.78. The Bertz CT molecular complexity index is 1390. The summed E-state index contributed by atoms with van der Waals surface area (Å²) in [7, 11) is 3.45. The largest absolute Gasteiger partial charge is 0.328 e. The van der Waals surface area contributed by atoms with Crippen LogP contribution in [0.15, 0.2) is 59.9 Å². The van der Waals surface area contributed by atoms with Crippen LogP contribution < -0.4 is 11.2 Å². The lowest BCUT2D eigenvalue weighted by Crippen LogP contribution is -2.19. The summed E-state index contributed by atoms with van der Waals surface area (Å²) >= 11 is 6.91. The summed E-state index contributed by atoms with van der Waals surface area (Å²) < 4.78 is 6.32. The first-order valence-corrected chi connectivity index (χ1v) is 10.3. The summed E-state index contributed by atoms with van der Waals surface area (Å²) in [4.78, 5) is 29.5. The number of hydrogen-bond donors (Lipinski definition) is 1. The van der Waals surface area contributed by atoms with E-state index in [-0.39, 0.29) is 11.2 Å². The van der Waals surface area contributed by atoms with E-state index in [0.717, 1.165) is 25.7 Å². The van der Waals surface area contributed by atoms with Crippen LogP contribution in [0.2, 0.25) is 0 Å². The Labute approximate surface area is 182 Å². The van der Waals surface area contributed by atoms with Crippen LogP contribution >= 0.6 is 31.9 Å². The number of nitrogens with one attached hydrogen (secondary N) is 1. The molecular formula is C20H17Br2N5O2. The van der Waals surface area contributed by atoms with E-state index in [1.807, 2.05) is 43.3 Å². The number of fused-ring (bicyclic) bond motifs is 1. The second-order valence-electron chi connectivity index (χ2n) is 6.72. The van der Waals surface area contributed by atoms with Gasteiger partial charge in [0.1, 0.15) is 0 Å². The molecule has 0 bridgehead atoms. The molecule has 1 N–H and O–H groups in total. The molecular weight excluding hydrogens is 502 g/mol. The zero-order chi connectivity index (χ0) is 20.9. The van der Waals surface area contributed by atoms with Gasteiger partial charge in [-0.2, -0.15) is 0 Å². The fourth-order valence-corrected chi connectivity index (χ4v) is 3.92. The number of aromatic amines is 1. The number of rotatable bonds is 3. The van der Waals surface area contributed by atoms with Gasteiger partial charge in [0, 0.05) is 34.9 Å². The molecule has 0 spiro atoms. The number of benzene rings is 2. The molecule has 0 aliphatic heterocycles. The maximum Gasteiger partial charge on any atom is 0.328 e. The summed E-state index contributed by atoms with van der Waals surface area (Å²) in [6, 6.07) is 11.1. The van der Waals surface area contributed by atoms with Gasteiger partial charge in [-0.05, 0) is 59.3 Å². The van der Waals surface area contributed by atoms with Crippen LogP contribution in [0.3, 0.4) is 0 Å². The fourth-order valence-electron chi connectivity index (χ4n) is 3.23. The van der Waals surface area contributed by atoms with E-state index in [9.17, 15) is 9.59 Å². The fraction of sp³-hybridized carbons (Fsp3) is 0.150. The summed E-state index contributed by atoms with van der Waals surface area (Å²) in [6.45, 7) is 1.83. The summed E-state index contributed by atoms with van der Waals surface area (Å²) in [5, 5.41) is 3.09. The molecule has 9 heteroatoms. The van der Waals surface area contributed by atoms with Crippen molar-refractivity contribution in [2.75, 3.05) is 0 Å². The summed E-state index contributed by atoms with van der Waals surface area (Å²) in [5.41, 5.74) is 3.85. The van der Waals surface area contributed by atoms with E-state index in [1.165, 1.54) is 4.68 Å². The first-order valence-electron chi connectivity index (χ1n) is 8.74. The number of aliphatic imine (C=N–C) groups is 1. The van der Waals surface area contributed by atoms with Crippen molar-refractivity contribution in [3.8, 4) is 5.69 Å². The van der Waals surface area contributed by atoms with Crippen molar-refractivity contribution in [1.82, 2.24) is 18.9 Å². The van der Waals surface area contributed by atoms with Gasteiger partial charge in [0.25, 0.3) is 5.56 Å². The number of imidazole rings is 1. The second kappa shape index (κ2) is 7.31. The first-order chi connectivity index (χ1) is 13.8. The van der Waals surface area contributed by atoms with Crippen LogP contribution in [0.5, 0.6) is 0 Å². The molecule has 2 heterocycles. The molecule has 0 aliphatic carbocycles. The van der Waals surface area contributed by atoms with Crippen LogP contribution in [-0.2, 0) is 14.1 Å². The molecule has 0 saturated heterocycles. The van der Waals surface area contributed by atoms with E-state index in [4.69, 9.17) is 0 Å². The van der Waals surface area contributed by atoms with Crippen molar-refractivity contribution in [2.24, 2.45) is 19.1 Å². The Kier molecular flexibility index (Phi) is 4.95. The lowest BCUT2D eigenvalue weighted by Gasteiger charge is -2.01. The van der Waals surface area contributed by atoms with Crippen LogP contribution in [0.4, 0.5) is 5.69 Å². The van der Waals surface area contributed by atoms with Crippen LogP contribution in [-0.4, -0.2) is 25.1 Å². The SMILES string of the molecule is Cc1[nH]n(-c2ccc(Br)cc2)c(=O)c1C=Nc1cc2c(cc1Br)n(C)c(=O)n2C. The van der Waals surface area contributed by atoms with Crippen molar-refractivity contribution in [3.05, 3.63) is 77.4 Å². The molecule has 0 saturated carbocycles. The van der Waals surface area contributed by atoms with E-state index < -0.39 is 0 Å². The summed E-state index contributed by atoms with van der Waals surface area (Å²) in [6.07, 6.45) is 1.55. The third-order valence-electron chi connectivity index (χ3n) is 4.88. The molecule has 0 radical (unpaired) electrons. The zero-order valence-electron chi connectivity index (χ0n) is 15.9. The molecule has 4 rings (SSSR count). The highest BCUT2D eigenvalue weighted by Crippen LogP contribution is 2.30. The third-order valence-corrected chi connectivity index (χ3v) is 6.04. The van der Waals surface area contributed by atoms with E-state index in [1.54, 1.807) is 29.4 Å². The molecule has 4 aromatic rings. The van der Waals surface area contributed by atoms with Gasteiger partial charge >= 0.3 is 5.69 Å². The molecule has 148 valence electrons. The monoisotopic (exact) mass is 517 g/mol. The van der Waals surface area contributed by atoms with Crippen LogP contribution in [0.25, 0.3) is 16.7 Å². The number of nitrogens with zero attached hydrogens (tertiary/aromatic N) is 4. The Hall–Kier alpha value is -2.65. The predicted octanol–water partition coefficient (Wildman–Crippen LogP) is 3.94. The van der Waals surface area contributed by atoms with Crippen molar-refractivity contribution in [2.45, 2.75) is 6.92 Å². The van der Waals surface area contributed by atoms with Gasteiger partial charge in [-0.3, -0.25) is 24.0 Å². The zero-order valence-corrected chi connectivity index (χ0v) is 19.1. The highest BCUT2D eigenvalue weighted by Gasteiger charge is 2.13. The molecule has 2 aromatic carbocycles. The minimum atomic E-state index is -0.183. The topological polar surface area (TPSA) is 77.1 Å². The maximum atomic E-state index is 12.9. The average molecular weight is 519 g/mol. The van der Waals surface area contributed by atoms with Gasteiger partial charge in [-0.15, -0.1) is 0 Å². The highest BCUT2D eigenvalue weighted by atomic mass is 79.9. The van der Waals surface area contributed by atoms with Crippen molar-refractivity contribution in [1.29, 1.82) is 0 Å². The van der Waals surface area contributed by atoms with Gasteiger partial charge in [-0.1, -0.05) is 15.9 Å². The number of aryl methyl sites for hydroxylation is 3. The molecule has 7 nitrogen and oxygen atoms in total. The lowest BCUT2D eigenvalue weighted by atomic mass is 10.2. The van der Waals surface area contributed by atoms with Crippen LogP contribution in [0.1, 0.15) is 11.3 Å². The molecule has 0 unspecified atom stereocenters. The molecule has 29 heavy (non-hydrogen) atoms. The number of halogens is 2. The molecule has 0 aliphatic rings. The van der Waals surface area contributed by atoms with Crippen molar-refractivity contribution in [3.63, 3.8) is 0 Å². The van der Waals surface area contributed by atoms with Crippen molar-refractivity contribution < 1.29 is 0 Å². The Morgan fingerprint density at radius 3 is 2.28 bits per heavy atom. The first kappa shape index (κ1) is 19.7. The van der Waals surface area contributed by atoms with Gasteiger partial charge in [0.2, 0.25) is 0 Å². The van der Waals surface area contributed by atoms with Gasteiger partial charge in [-0.25, -0.2) is 9.48 Å². The van der Waals surface area contributed by atoms with E-state index in [0.29, 0.717) is 16.9 Å². The lowest BCUT2D eigenvalue weighted by molar-refractivity contribution is 0.795. The Morgan fingerprint density at radius 1 is 1.00 bits per heavy atom. The molecule has 0 fully saturated rings. The molecule has 2 aromatic heterocycles. The minimum absolute atomic E-state index is 0.105. The smallest absolute Gasteiger partial charge is 0.295 e. The summed E-state index contributed by atoms with van der Waals surface area (Å²) in [5.74, 6) is 0. The maximum absolute atomic E-state index is 12.9. The standard InChI is InChI=1S/C20H17Br2N5O2/c1-11-14(19(28)27(24-11)13-6-4-12(21)5-7-13)10-23-16-9-18-17(8-15(16)22)25(2)20(29)26(18)3/h4-10,24H,1-3H3. The highest BCUT2D eigenvalue weighted by molar-refractivity contribution is 9.10. The molecule has 0 amide bonds. The van der Waals surface area contributed by atoms with Crippen LogP contribution in [0, 0.1) is 6.92 Å². The molecule has 0 atom stereocenters. The predicted molar refractivity (Wildman–Crippen MR) is 122 cm³/mol. The number of H-pyrrole nitrogens is 1. The average Bonchev–Trinajstić information content (AvgIpc) is 3.09. The quantitative estimate of drug-likeness (QED) is 0.417. The Morgan fingerprint density at radius 2 is 1.62 bits per heavy atom. The van der Waals surface area contributed by atoms with Gasteiger partial charge in [0.15, 0.2) is 0 Å². The minimum Gasteiger partial charge on any atom is -0.295 e.